The molecule has 1 aliphatic rings. The topological polar surface area (TPSA) is 121 Å². The maximum absolute atomic E-state index is 12.3. The van der Waals surface area contributed by atoms with E-state index in [0.717, 1.165) is 0 Å². The number of aryl methyl sites for hydroxylation is 1. The summed E-state index contributed by atoms with van der Waals surface area (Å²) >= 11 is 0. The molecule has 0 bridgehead atoms. The van der Waals surface area contributed by atoms with Crippen molar-refractivity contribution in [2.45, 2.75) is 26.8 Å². The van der Waals surface area contributed by atoms with E-state index < -0.39 is 28.9 Å². The van der Waals surface area contributed by atoms with Crippen molar-refractivity contribution in [1.29, 1.82) is 0 Å². The summed E-state index contributed by atoms with van der Waals surface area (Å²) in [4.78, 5) is 35.4. The number of rotatable bonds is 3. The molecule has 1 aromatic rings. The largest absolute Gasteiger partial charge is 0.481 e. The number of aliphatic carboxylic acids is 1. The molecular weight excluding hydrogens is 278 g/mol. The number of carbonyl (C=O) groups is 2. The van der Waals surface area contributed by atoms with Crippen LogP contribution in [0, 0.1) is 19.3 Å². The molecule has 1 aliphatic heterocycles. The van der Waals surface area contributed by atoms with E-state index in [9.17, 15) is 19.5 Å². The van der Waals surface area contributed by atoms with Gasteiger partial charge >= 0.3 is 5.97 Å². The number of H-pyrrole nitrogens is 1. The molecule has 3 N–H and O–H groups in total. The van der Waals surface area contributed by atoms with Crippen molar-refractivity contribution >= 4 is 11.9 Å². The lowest BCUT2D eigenvalue weighted by atomic mass is 9.85. The number of hydrogen-bond acceptors (Lipinski definition) is 5. The van der Waals surface area contributed by atoms with E-state index in [2.05, 4.69) is 15.5 Å². The van der Waals surface area contributed by atoms with Crippen LogP contribution in [0.2, 0.25) is 0 Å². The number of nitrogens with one attached hydrogen (secondary N) is 2. The van der Waals surface area contributed by atoms with Crippen molar-refractivity contribution in [1.82, 2.24) is 15.5 Å². The fourth-order valence-corrected chi connectivity index (χ4v) is 2.21. The van der Waals surface area contributed by atoms with Crippen LogP contribution in [-0.4, -0.2) is 46.4 Å². The molecular formula is C13H17N3O5. The molecule has 2 rings (SSSR count). The Labute approximate surface area is 120 Å². The van der Waals surface area contributed by atoms with Crippen LogP contribution in [0.25, 0.3) is 0 Å². The molecule has 1 aromatic heterocycles. The molecule has 0 aliphatic carbocycles. The Hall–Kier alpha value is -2.22. The summed E-state index contributed by atoms with van der Waals surface area (Å²) in [5.41, 5.74) is -0.873. The minimum Gasteiger partial charge on any atom is -0.481 e. The van der Waals surface area contributed by atoms with E-state index in [-0.39, 0.29) is 18.8 Å². The molecule has 0 radical (unpaired) electrons. The third-order valence-electron chi connectivity index (χ3n) is 3.95. The number of amides is 1. The van der Waals surface area contributed by atoms with Crippen molar-refractivity contribution in [3.63, 3.8) is 0 Å². The quantitative estimate of drug-likeness (QED) is 0.698. The van der Waals surface area contributed by atoms with Crippen LogP contribution in [0.3, 0.4) is 0 Å². The highest BCUT2D eigenvalue weighted by molar-refractivity contribution is 5.96. The van der Waals surface area contributed by atoms with E-state index in [1.165, 1.54) is 6.92 Å². The number of carboxylic acids is 1. The van der Waals surface area contributed by atoms with E-state index >= 15 is 0 Å². The van der Waals surface area contributed by atoms with Crippen molar-refractivity contribution in [3.8, 4) is 0 Å². The number of carbonyl (C=O) groups excluding carboxylic acids is 1. The molecule has 2 heterocycles. The molecule has 0 spiro atoms. The Morgan fingerprint density at radius 3 is 2.76 bits per heavy atom. The van der Waals surface area contributed by atoms with Crippen LogP contribution < -0.4 is 10.9 Å². The lowest BCUT2D eigenvalue weighted by molar-refractivity contribution is -0.148. The highest BCUT2D eigenvalue weighted by Crippen LogP contribution is 2.28. The number of ether oxygens (including phenoxy) is 1. The minimum absolute atomic E-state index is 0.0119. The zero-order chi connectivity index (χ0) is 15.8. The lowest BCUT2D eigenvalue weighted by Gasteiger charge is -2.25. The molecule has 2 atom stereocenters. The fraction of sp³-hybridized carbons (Fsp3) is 0.538. The van der Waals surface area contributed by atoms with Crippen LogP contribution in [0.1, 0.15) is 28.5 Å². The van der Waals surface area contributed by atoms with Crippen molar-refractivity contribution in [2.75, 3.05) is 13.2 Å². The summed E-state index contributed by atoms with van der Waals surface area (Å²) in [5.74, 6) is -1.68. The Bertz CT molecular complexity index is 654. The third-order valence-corrected chi connectivity index (χ3v) is 3.95. The second kappa shape index (κ2) is 5.28. The van der Waals surface area contributed by atoms with Crippen molar-refractivity contribution in [3.05, 3.63) is 27.2 Å². The van der Waals surface area contributed by atoms with Crippen LogP contribution >= 0.6 is 0 Å². The molecule has 0 saturated carbocycles. The van der Waals surface area contributed by atoms with Gasteiger partial charge in [-0.25, -0.2) is 5.10 Å². The third kappa shape index (κ3) is 2.54. The predicted molar refractivity (Wildman–Crippen MR) is 72.1 cm³/mol. The van der Waals surface area contributed by atoms with Gasteiger partial charge in [-0.15, -0.1) is 0 Å². The highest BCUT2D eigenvalue weighted by Gasteiger charge is 2.47. The van der Waals surface area contributed by atoms with Crippen LogP contribution in [0.5, 0.6) is 0 Å². The molecule has 1 fully saturated rings. The molecule has 8 heteroatoms. The average molecular weight is 295 g/mol. The van der Waals surface area contributed by atoms with Gasteiger partial charge < -0.3 is 15.2 Å². The van der Waals surface area contributed by atoms with Crippen molar-refractivity contribution in [2.24, 2.45) is 5.41 Å². The fourth-order valence-electron chi connectivity index (χ4n) is 2.21. The Kier molecular flexibility index (Phi) is 3.82. The maximum atomic E-state index is 12.3. The Morgan fingerprint density at radius 1 is 1.48 bits per heavy atom. The second-order valence-electron chi connectivity index (χ2n) is 5.40. The summed E-state index contributed by atoms with van der Waals surface area (Å²) in [6.07, 6.45) is 0. The standard InChI is InChI=1S/C13H17N3O5/c1-6-7(2)15-16-11(18)9(6)10(17)14-8-4-21-5-13(8,3)12(19)20/h8H,4-5H2,1-3H3,(H,14,17)(H,16,18)(H,19,20). The number of hydrogen-bond donors (Lipinski definition) is 3. The van der Waals surface area contributed by atoms with Gasteiger partial charge in [0.1, 0.15) is 11.0 Å². The molecule has 0 aromatic carbocycles. The molecule has 1 saturated heterocycles. The van der Waals surface area contributed by atoms with Gasteiger partial charge in [0.05, 0.1) is 24.9 Å². The van der Waals surface area contributed by atoms with Crippen molar-refractivity contribution < 1.29 is 19.4 Å². The molecule has 114 valence electrons. The predicted octanol–water partition coefficient (Wildman–Crippen LogP) is -0.394. The summed E-state index contributed by atoms with van der Waals surface area (Å²) in [6, 6.07) is -0.699. The van der Waals surface area contributed by atoms with Gasteiger partial charge in [-0.1, -0.05) is 0 Å². The second-order valence-corrected chi connectivity index (χ2v) is 5.40. The number of aromatic amines is 1. The average Bonchev–Trinajstić information content (AvgIpc) is 2.77. The van der Waals surface area contributed by atoms with E-state index in [1.807, 2.05) is 0 Å². The lowest BCUT2D eigenvalue weighted by Crippen LogP contribution is -2.50. The maximum Gasteiger partial charge on any atom is 0.313 e. The monoisotopic (exact) mass is 295 g/mol. The zero-order valence-electron chi connectivity index (χ0n) is 12.0. The van der Waals surface area contributed by atoms with Gasteiger partial charge in [-0.2, -0.15) is 5.10 Å². The smallest absolute Gasteiger partial charge is 0.313 e. The molecule has 8 nitrogen and oxygen atoms in total. The molecule has 1 amide bonds. The first-order valence-electron chi connectivity index (χ1n) is 6.45. The minimum atomic E-state index is -1.21. The van der Waals surface area contributed by atoms with Gasteiger partial charge in [-0.05, 0) is 26.3 Å². The summed E-state index contributed by atoms with van der Waals surface area (Å²) in [7, 11) is 0. The van der Waals surface area contributed by atoms with E-state index in [4.69, 9.17) is 4.74 Å². The number of carboxylic acid groups (broad SMARTS) is 1. The van der Waals surface area contributed by atoms with Crippen LogP contribution in [0.15, 0.2) is 4.79 Å². The molecule has 2 unspecified atom stereocenters. The van der Waals surface area contributed by atoms with Gasteiger partial charge in [0.15, 0.2) is 0 Å². The highest BCUT2D eigenvalue weighted by atomic mass is 16.5. The first kappa shape index (κ1) is 15.2. The van der Waals surface area contributed by atoms with Gasteiger partial charge in [-0.3, -0.25) is 14.4 Å². The Morgan fingerprint density at radius 2 is 2.14 bits per heavy atom. The van der Waals surface area contributed by atoms with Crippen LogP contribution in [0.4, 0.5) is 0 Å². The van der Waals surface area contributed by atoms with Gasteiger partial charge in [0.25, 0.3) is 11.5 Å². The summed E-state index contributed by atoms with van der Waals surface area (Å²) in [6.45, 7) is 4.89. The first-order valence-corrected chi connectivity index (χ1v) is 6.45. The number of nitrogens with zero attached hydrogens (tertiary/aromatic N) is 1. The summed E-state index contributed by atoms with van der Waals surface area (Å²) in [5, 5.41) is 17.9. The van der Waals surface area contributed by atoms with E-state index in [1.54, 1.807) is 13.8 Å². The van der Waals surface area contributed by atoms with E-state index in [0.29, 0.717) is 11.3 Å². The summed E-state index contributed by atoms with van der Waals surface area (Å²) < 4.78 is 5.16. The van der Waals surface area contributed by atoms with Gasteiger partial charge in [0, 0.05) is 0 Å². The van der Waals surface area contributed by atoms with Crippen LogP contribution in [-0.2, 0) is 9.53 Å². The number of aromatic nitrogens is 2. The zero-order valence-corrected chi connectivity index (χ0v) is 12.0. The first-order chi connectivity index (χ1) is 9.77. The normalized spacial score (nSPS) is 24.8. The SMILES string of the molecule is Cc1n[nH]c(=O)c(C(=O)NC2COCC2(C)C(=O)O)c1C. The van der Waals surface area contributed by atoms with Gasteiger partial charge in [0.2, 0.25) is 0 Å². The molecule has 21 heavy (non-hydrogen) atoms. The Balaban J connectivity index is 2.29.